The topological polar surface area (TPSA) is 66.8 Å². The van der Waals surface area contributed by atoms with E-state index in [1.165, 1.54) is 22.3 Å². The van der Waals surface area contributed by atoms with E-state index in [4.69, 9.17) is 4.74 Å². The summed E-state index contributed by atoms with van der Waals surface area (Å²) in [6.07, 6.45) is 0.0376. The van der Waals surface area contributed by atoms with Crippen LogP contribution in [0.5, 0.6) is 0 Å². The first-order valence-electron chi connectivity index (χ1n) is 11.0. The van der Waals surface area contributed by atoms with Gasteiger partial charge >= 0.3 is 12.1 Å². The van der Waals surface area contributed by atoms with Gasteiger partial charge in [0.2, 0.25) is 0 Å². The minimum Gasteiger partial charge on any atom is -0.481 e. The van der Waals surface area contributed by atoms with E-state index in [1.54, 1.807) is 4.90 Å². The fourth-order valence-corrected chi connectivity index (χ4v) is 5.14. The highest BCUT2D eigenvalue weighted by atomic mass is 16.6. The predicted octanol–water partition coefficient (Wildman–Crippen LogP) is 5.13. The maximum atomic E-state index is 13.0. The maximum absolute atomic E-state index is 13.0. The van der Waals surface area contributed by atoms with Crippen LogP contribution in [-0.2, 0) is 9.53 Å². The number of aliphatic carboxylic acids is 1. The molecule has 0 saturated carbocycles. The number of piperidine rings is 1. The van der Waals surface area contributed by atoms with Gasteiger partial charge in [-0.15, -0.1) is 0 Å². The molecule has 1 heterocycles. The molecule has 5 heteroatoms. The number of carboxylic acid groups (broad SMARTS) is 1. The molecule has 2 aliphatic rings. The second kappa shape index (κ2) is 8.50. The van der Waals surface area contributed by atoms with E-state index in [1.807, 2.05) is 54.6 Å². The average molecular weight is 428 g/mol. The highest BCUT2D eigenvalue weighted by Crippen LogP contribution is 2.44. The van der Waals surface area contributed by atoms with Crippen molar-refractivity contribution in [1.82, 2.24) is 4.90 Å². The Morgan fingerprint density at radius 1 is 0.875 bits per heavy atom. The first-order chi connectivity index (χ1) is 15.6. The van der Waals surface area contributed by atoms with Gasteiger partial charge in [-0.1, -0.05) is 78.9 Å². The number of carbonyl (C=O) groups is 2. The molecule has 1 saturated heterocycles. The van der Waals surface area contributed by atoms with E-state index in [0.717, 1.165) is 5.56 Å². The molecule has 1 N–H and O–H groups in total. The summed E-state index contributed by atoms with van der Waals surface area (Å²) in [6, 6.07) is 26.1. The van der Waals surface area contributed by atoms with E-state index in [0.29, 0.717) is 19.5 Å². The summed E-state index contributed by atoms with van der Waals surface area (Å²) in [5.41, 5.74) is 5.67. The zero-order valence-corrected chi connectivity index (χ0v) is 17.7. The molecular formula is C27H25NO4. The first kappa shape index (κ1) is 20.3. The van der Waals surface area contributed by atoms with E-state index in [2.05, 4.69) is 24.3 Å². The standard InChI is InChI=1S/C27H25NO4/c29-26(30)23-14-15-28(16-24(23)18-8-2-1-3-9-18)27(31)32-17-25-21-12-6-4-10-19(21)20-11-5-7-13-22(20)25/h1-13,23-25H,14-17H2,(H,29,30). The van der Waals surface area contributed by atoms with Crippen molar-refractivity contribution in [2.75, 3.05) is 19.7 Å². The Labute approximate surface area is 187 Å². The van der Waals surface area contributed by atoms with Crippen molar-refractivity contribution in [1.29, 1.82) is 0 Å². The van der Waals surface area contributed by atoms with Crippen molar-refractivity contribution in [3.05, 3.63) is 95.6 Å². The van der Waals surface area contributed by atoms with Gasteiger partial charge in [-0.3, -0.25) is 4.79 Å². The molecule has 2 atom stereocenters. The van der Waals surface area contributed by atoms with Gasteiger partial charge < -0.3 is 14.7 Å². The van der Waals surface area contributed by atoms with Crippen LogP contribution < -0.4 is 0 Å². The summed E-state index contributed by atoms with van der Waals surface area (Å²) in [5, 5.41) is 9.69. The molecule has 32 heavy (non-hydrogen) atoms. The third kappa shape index (κ3) is 3.64. The first-order valence-corrected chi connectivity index (χ1v) is 11.0. The van der Waals surface area contributed by atoms with Crippen molar-refractivity contribution in [3.63, 3.8) is 0 Å². The van der Waals surface area contributed by atoms with Crippen LogP contribution in [0.3, 0.4) is 0 Å². The second-order valence-corrected chi connectivity index (χ2v) is 8.50. The van der Waals surface area contributed by atoms with E-state index < -0.39 is 11.9 Å². The monoisotopic (exact) mass is 427 g/mol. The summed E-state index contributed by atoms with van der Waals surface area (Å²) in [7, 11) is 0. The lowest BCUT2D eigenvalue weighted by Gasteiger charge is -2.36. The molecule has 5 rings (SSSR count). The van der Waals surface area contributed by atoms with Gasteiger partial charge in [0.25, 0.3) is 0 Å². The average Bonchev–Trinajstić information content (AvgIpc) is 3.16. The Balaban J connectivity index is 1.31. The van der Waals surface area contributed by atoms with Crippen molar-refractivity contribution in [3.8, 4) is 11.1 Å². The van der Waals surface area contributed by atoms with Gasteiger partial charge in [0, 0.05) is 24.9 Å². The maximum Gasteiger partial charge on any atom is 0.409 e. The zero-order chi connectivity index (χ0) is 22.1. The number of amides is 1. The highest BCUT2D eigenvalue weighted by molar-refractivity contribution is 5.79. The fraction of sp³-hybridized carbons (Fsp3) is 0.259. The Hall–Kier alpha value is -3.60. The molecule has 1 fully saturated rings. The van der Waals surface area contributed by atoms with Crippen LogP contribution in [0.25, 0.3) is 11.1 Å². The predicted molar refractivity (Wildman–Crippen MR) is 122 cm³/mol. The third-order valence-corrected chi connectivity index (χ3v) is 6.75. The Bertz CT molecular complexity index is 1100. The van der Waals surface area contributed by atoms with Crippen LogP contribution in [0.1, 0.15) is 34.9 Å². The lowest BCUT2D eigenvalue weighted by atomic mass is 9.81. The van der Waals surface area contributed by atoms with Gasteiger partial charge in [-0.2, -0.15) is 0 Å². The number of carboxylic acids is 1. The van der Waals surface area contributed by atoms with Crippen LogP contribution in [0.4, 0.5) is 4.79 Å². The van der Waals surface area contributed by atoms with Crippen molar-refractivity contribution in [2.45, 2.75) is 18.3 Å². The minimum absolute atomic E-state index is 0.00725. The minimum atomic E-state index is -0.814. The van der Waals surface area contributed by atoms with Crippen LogP contribution >= 0.6 is 0 Å². The van der Waals surface area contributed by atoms with E-state index >= 15 is 0 Å². The number of fused-ring (bicyclic) bond motifs is 3. The lowest BCUT2D eigenvalue weighted by molar-refractivity contribution is -0.144. The molecule has 0 aromatic heterocycles. The summed E-state index contributed by atoms with van der Waals surface area (Å²) >= 11 is 0. The van der Waals surface area contributed by atoms with Crippen molar-refractivity contribution < 1.29 is 19.4 Å². The second-order valence-electron chi connectivity index (χ2n) is 8.50. The number of carbonyl (C=O) groups excluding carboxylic acids is 1. The molecule has 1 amide bonds. The number of rotatable bonds is 4. The van der Waals surface area contributed by atoms with Gasteiger partial charge in [0.05, 0.1) is 5.92 Å². The summed E-state index contributed by atoms with van der Waals surface area (Å²) < 4.78 is 5.80. The number of hydrogen-bond acceptors (Lipinski definition) is 3. The third-order valence-electron chi connectivity index (χ3n) is 6.75. The van der Waals surface area contributed by atoms with Crippen molar-refractivity contribution >= 4 is 12.1 Å². The number of nitrogens with zero attached hydrogens (tertiary/aromatic N) is 1. The van der Waals surface area contributed by atoms with Gasteiger partial charge in [-0.25, -0.2) is 4.79 Å². The van der Waals surface area contributed by atoms with Crippen LogP contribution in [0.15, 0.2) is 78.9 Å². The molecule has 0 spiro atoms. The quantitative estimate of drug-likeness (QED) is 0.627. The van der Waals surface area contributed by atoms with Gasteiger partial charge in [-0.05, 0) is 34.2 Å². The summed E-state index contributed by atoms with van der Waals surface area (Å²) in [5.74, 6) is -1.56. The summed E-state index contributed by atoms with van der Waals surface area (Å²) in [4.78, 5) is 26.5. The molecule has 3 aromatic rings. The Morgan fingerprint density at radius 2 is 1.47 bits per heavy atom. The molecule has 1 aliphatic heterocycles. The molecule has 0 bridgehead atoms. The fourth-order valence-electron chi connectivity index (χ4n) is 5.14. The smallest absolute Gasteiger partial charge is 0.409 e. The van der Waals surface area contributed by atoms with E-state index in [-0.39, 0.29) is 24.5 Å². The van der Waals surface area contributed by atoms with Crippen molar-refractivity contribution in [2.24, 2.45) is 5.92 Å². The molecular weight excluding hydrogens is 402 g/mol. The Kier molecular flexibility index (Phi) is 5.39. The number of hydrogen-bond donors (Lipinski definition) is 1. The zero-order valence-electron chi connectivity index (χ0n) is 17.7. The molecule has 1 aliphatic carbocycles. The molecule has 2 unspecified atom stereocenters. The molecule has 162 valence electrons. The molecule has 3 aromatic carbocycles. The van der Waals surface area contributed by atoms with Crippen LogP contribution in [0.2, 0.25) is 0 Å². The summed E-state index contributed by atoms with van der Waals surface area (Å²) in [6.45, 7) is 0.996. The molecule has 0 radical (unpaired) electrons. The molecule has 5 nitrogen and oxygen atoms in total. The normalized spacial score (nSPS) is 19.8. The highest BCUT2D eigenvalue weighted by Gasteiger charge is 2.37. The Morgan fingerprint density at radius 3 is 2.09 bits per heavy atom. The van der Waals surface area contributed by atoms with Crippen LogP contribution in [-0.4, -0.2) is 41.8 Å². The number of likely N-dealkylation sites (tertiary alicyclic amines) is 1. The van der Waals surface area contributed by atoms with Gasteiger partial charge in [0.1, 0.15) is 6.61 Å². The number of benzene rings is 3. The largest absolute Gasteiger partial charge is 0.481 e. The SMILES string of the molecule is O=C(O)C1CCN(C(=O)OCC2c3ccccc3-c3ccccc32)CC1c1ccccc1. The van der Waals surface area contributed by atoms with Gasteiger partial charge in [0.15, 0.2) is 0 Å². The van der Waals surface area contributed by atoms with E-state index in [9.17, 15) is 14.7 Å². The lowest BCUT2D eigenvalue weighted by Crippen LogP contribution is -2.45. The number of ether oxygens (including phenoxy) is 1. The van der Waals surface area contributed by atoms with Crippen LogP contribution in [0, 0.1) is 5.92 Å².